The zero-order valence-corrected chi connectivity index (χ0v) is 11.6. The summed E-state index contributed by atoms with van der Waals surface area (Å²) in [6.07, 6.45) is 1.95. The topological polar surface area (TPSA) is 55.0 Å². The molecule has 20 heavy (non-hydrogen) atoms. The van der Waals surface area contributed by atoms with Crippen LogP contribution in [0.2, 0.25) is 0 Å². The van der Waals surface area contributed by atoms with Crippen LogP contribution in [-0.4, -0.2) is 23.1 Å². The summed E-state index contributed by atoms with van der Waals surface area (Å²) in [5.41, 5.74) is 7.16. The Balaban J connectivity index is 2.29. The fourth-order valence-electron chi connectivity index (χ4n) is 2.08. The maximum Gasteiger partial charge on any atom is 0.187 e. The molecule has 0 saturated heterocycles. The van der Waals surface area contributed by atoms with Gasteiger partial charge in [0.2, 0.25) is 0 Å². The Morgan fingerprint density at radius 2 is 1.95 bits per heavy atom. The summed E-state index contributed by atoms with van der Waals surface area (Å²) in [6.45, 7) is 3.44. The summed E-state index contributed by atoms with van der Waals surface area (Å²) in [4.78, 5) is 9.90. The smallest absolute Gasteiger partial charge is 0.187 e. The first-order chi connectivity index (χ1) is 9.76. The Morgan fingerprint density at radius 1 is 1.20 bits per heavy atom. The van der Waals surface area contributed by atoms with E-state index in [9.17, 15) is 4.39 Å². The lowest BCUT2D eigenvalue weighted by Gasteiger charge is -2.24. The normalized spacial score (nSPS) is 10.6. The highest BCUT2D eigenvalue weighted by atomic mass is 19.1. The Bertz CT molecular complexity index is 545. The van der Waals surface area contributed by atoms with Crippen molar-refractivity contribution in [2.45, 2.75) is 19.9 Å². The lowest BCUT2D eigenvalue weighted by molar-refractivity contribution is 0.582. The van der Waals surface area contributed by atoms with Crippen LogP contribution >= 0.6 is 0 Å². The van der Waals surface area contributed by atoms with Crippen LogP contribution in [-0.2, 0) is 13.0 Å². The Kier molecular flexibility index (Phi) is 5.01. The molecule has 1 aromatic heterocycles. The molecule has 0 fully saturated rings. The minimum absolute atomic E-state index is 0.325. The van der Waals surface area contributed by atoms with E-state index in [0.717, 1.165) is 5.56 Å². The van der Waals surface area contributed by atoms with Gasteiger partial charge in [-0.05, 0) is 12.0 Å². The summed E-state index contributed by atoms with van der Waals surface area (Å²) < 4.78 is 14.3. The summed E-state index contributed by atoms with van der Waals surface area (Å²) in [5.74, 6) is -0.0227. The van der Waals surface area contributed by atoms with Gasteiger partial charge in [-0.3, -0.25) is 0 Å². The lowest BCUT2D eigenvalue weighted by Crippen LogP contribution is -2.30. The molecule has 0 aliphatic heterocycles. The maximum atomic E-state index is 14.3. The van der Waals surface area contributed by atoms with E-state index in [4.69, 9.17) is 5.73 Å². The van der Waals surface area contributed by atoms with Crippen molar-refractivity contribution in [2.24, 2.45) is 5.73 Å². The van der Waals surface area contributed by atoms with Crippen molar-refractivity contribution in [3.63, 3.8) is 0 Å². The molecule has 0 radical (unpaired) electrons. The SMILES string of the molecule is CCc1ncnc(N(CCN)Cc2ccccc2)c1F. The Morgan fingerprint density at radius 3 is 2.60 bits per heavy atom. The van der Waals surface area contributed by atoms with Gasteiger partial charge in [-0.15, -0.1) is 0 Å². The quantitative estimate of drug-likeness (QED) is 0.877. The van der Waals surface area contributed by atoms with E-state index in [2.05, 4.69) is 9.97 Å². The van der Waals surface area contributed by atoms with Gasteiger partial charge in [-0.2, -0.15) is 0 Å². The molecule has 2 rings (SSSR count). The molecule has 0 amide bonds. The van der Waals surface area contributed by atoms with Gasteiger partial charge in [0.1, 0.15) is 6.33 Å². The average Bonchev–Trinajstić information content (AvgIpc) is 2.48. The molecule has 0 saturated carbocycles. The number of rotatable bonds is 6. The Hall–Kier alpha value is -2.01. The first-order valence-corrected chi connectivity index (χ1v) is 6.74. The molecule has 0 spiro atoms. The van der Waals surface area contributed by atoms with Crippen molar-refractivity contribution in [1.82, 2.24) is 9.97 Å². The summed E-state index contributed by atoms with van der Waals surface area (Å²) in [6, 6.07) is 9.89. The molecule has 0 unspecified atom stereocenters. The maximum absolute atomic E-state index is 14.3. The number of hydrogen-bond acceptors (Lipinski definition) is 4. The van der Waals surface area contributed by atoms with Crippen LogP contribution in [0, 0.1) is 5.82 Å². The van der Waals surface area contributed by atoms with Gasteiger partial charge >= 0.3 is 0 Å². The number of hydrogen-bond donors (Lipinski definition) is 1. The van der Waals surface area contributed by atoms with Crippen LogP contribution in [0.25, 0.3) is 0 Å². The average molecular weight is 274 g/mol. The van der Waals surface area contributed by atoms with Crippen LogP contribution in [0.15, 0.2) is 36.7 Å². The van der Waals surface area contributed by atoms with Gasteiger partial charge in [-0.1, -0.05) is 37.3 Å². The predicted molar refractivity (Wildman–Crippen MR) is 77.9 cm³/mol. The Labute approximate surface area is 118 Å². The molecule has 0 bridgehead atoms. The number of halogens is 1. The zero-order chi connectivity index (χ0) is 14.4. The van der Waals surface area contributed by atoms with Gasteiger partial charge in [0, 0.05) is 19.6 Å². The molecule has 0 aliphatic carbocycles. The largest absolute Gasteiger partial charge is 0.348 e. The van der Waals surface area contributed by atoms with Gasteiger partial charge in [-0.25, -0.2) is 14.4 Å². The van der Waals surface area contributed by atoms with Crippen LogP contribution < -0.4 is 10.6 Å². The van der Waals surface area contributed by atoms with Gasteiger partial charge in [0.05, 0.1) is 5.69 Å². The highest BCUT2D eigenvalue weighted by molar-refractivity contribution is 5.42. The molecular weight excluding hydrogens is 255 g/mol. The van der Waals surface area contributed by atoms with E-state index in [1.807, 2.05) is 42.2 Å². The van der Waals surface area contributed by atoms with Crippen LogP contribution in [0.4, 0.5) is 10.2 Å². The highest BCUT2D eigenvalue weighted by Gasteiger charge is 2.16. The van der Waals surface area contributed by atoms with Gasteiger partial charge < -0.3 is 10.6 Å². The van der Waals surface area contributed by atoms with Crippen molar-refractivity contribution in [3.8, 4) is 0 Å². The zero-order valence-electron chi connectivity index (χ0n) is 11.6. The summed E-state index contributed by atoms with van der Waals surface area (Å²) >= 11 is 0. The monoisotopic (exact) mass is 274 g/mol. The molecular formula is C15H19FN4. The van der Waals surface area contributed by atoms with Crippen molar-refractivity contribution < 1.29 is 4.39 Å². The molecule has 1 aromatic carbocycles. The summed E-state index contributed by atoms with van der Waals surface area (Å²) in [7, 11) is 0. The van der Waals surface area contributed by atoms with E-state index in [-0.39, 0.29) is 5.82 Å². The number of aryl methyl sites for hydroxylation is 1. The van der Waals surface area contributed by atoms with E-state index in [0.29, 0.717) is 37.6 Å². The predicted octanol–water partition coefficient (Wildman–Crippen LogP) is 2.14. The van der Waals surface area contributed by atoms with Crippen molar-refractivity contribution >= 4 is 5.82 Å². The third-order valence-electron chi connectivity index (χ3n) is 3.09. The number of benzene rings is 1. The number of aromatic nitrogens is 2. The third-order valence-corrected chi connectivity index (χ3v) is 3.09. The second kappa shape index (κ2) is 6.96. The minimum atomic E-state index is -0.348. The van der Waals surface area contributed by atoms with Crippen molar-refractivity contribution in [2.75, 3.05) is 18.0 Å². The second-order valence-electron chi connectivity index (χ2n) is 4.51. The molecule has 0 atom stereocenters. The molecule has 1 heterocycles. The van der Waals surface area contributed by atoms with Crippen LogP contribution in [0.3, 0.4) is 0 Å². The molecule has 0 aliphatic rings. The highest BCUT2D eigenvalue weighted by Crippen LogP contribution is 2.20. The first-order valence-electron chi connectivity index (χ1n) is 6.74. The summed E-state index contributed by atoms with van der Waals surface area (Å²) in [5, 5.41) is 0. The molecule has 2 aromatic rings. The fourth-order valence-corrected chi connectivity index (χ4v) is 2.08. The van der Waals surface area contributed by atoms with Crippen LogP contribution in [0.5, 0.6) is 0 Å². The molecule has 106 valence electrons. The third kappa shape index (κ3) is 3.30. The first kappa shape index (κ1) is 14.4. The minimum Gasteiger partial charge on any atom is -0.348 e. The molecule has 2 N–H and O–H groups in total. The second-order valence-corrected chi connectivity index (χ2v) is 4.51. The van der Waals surface area contributed by atoms with Crippen molar-refractivity contribution in [1.29, 1.82) is 0 Å². The van der Waals surface area contributed by atoms with Gasteiger partial charge in [0.25, 0.3) is 0 Å². The number of anilines is 1. The van der Waals surface area contributed by atoms with E-state index < -0.39 is 0 Å². The fraction of sp³-hybridized carbons (Fsp3) is 0.333. The van der Waals surface area contributed by atoms with E-state index in [1.54, 1.807) is 0 Å². The standard InChI is InChI=1S/C15H19FN4/c1-2-13-14(16)15(19-11-18-13)20(9-8-17)10-12-6-4-3-5-7-12/h3-7,11H,2,8-10,17H2,1H3. The van der Waals surface area contributed by atoms with Crippen LogP contribution in [0.1, 0.15) is 18.2 Å². The lowest BCUT2D eigenvalue weighted by atomic mass is 10.2. The number of nitrogens with zero attached hydrogens (tertiary/aromatic N) is 3. The van der Waals surface area contributed by atoms with Crippen molar-refractivity contribution in [3.05, 3.63) is 53.7 Å². The molecule has 4 nitrogen and oxygen atoms in total. The molecule has 5 heteroatoms. The van der Waals surface area contributed by atoms with Gasteiger partial charge in [0.15, 0.2) is 11.6 Å². The van der Waals surface area contributed by atoms with E-state index in [1.165, 1.54) is 6.33 Å². The number of nitrogens with two attached hydrogens (primary N) is 1. The van der Waals surface area contributed by atoms with E-state index >= 15 is 0 Å².